The molecule has 0 amide bonds. The van der Waals surface area contributed by atoms with Crippen LogP contribution in [0.4, 0.5) is 5.82 Å². The highest BCUT2D eigenvalue weighted by atomic mass is 79.9. The smallest absolute Gasteiger partial charge is 0.166 e. The van der Waals surface area contributed by atoms with E-state index in [1.54, 1.807) is 6.20 Å². The second kappa shape index (κ2) is 3.62. The molecule has 1 spiro atoms. The van der Waals surface area contributed by atoms with Crippen molar-refractivity contribution in [1.29, 1.82) is 0 Å². The molecule has 0 aliphatic heterocycles. The van der Waals surface area contributed by atoms with Crippen molar-refractivity contribution >= 4 is 21.7 Å². The molecule has 2 aliphatic rings. The highest BCUT2D eigenvalue weighted by Crippen LogP contribution is 2.59. The van der Waals surface area contributed by atoms with Gasteiger partial charge in [-0.05, 0) is 54.1 Å². The molecule has 2 aliphatic carbocycles. The summed E-state index contributed by atoms with van der Waals surface area (Å²) in [6.45, 7) is 0. The molecule has 1 unspecified atom stereocenters. The number of ether oxygens (including phenoxy) is 1. The first-order chi connectivity index (χ1) is 7.70. The largest absolute Gasteiger partial charge is 0.486 e. The van der Waals surface area contributed by atoms with Gasteiger partial charge in [0.1, 0.15) is 6.10 Å². The SMILES string of the molecule is Nc1ncc(Br)cc1OC1CCCC12CC2. The first-order valence-electron chi connectivity index (χ1n) is 5.77. The molecular formula is C12H15BrN2O. The van der Waals surface area contributed by atoms with Crippen molar-refractivity contribution in [2.24, 2.45) is 5.41 Å². The number of nitrogens with two attached hydrogens (primary N) is 1. The Kier molecular flexibility index (Phi) is 2.35. The molecule has 2 fully saturated rings. The summed E-state index contributed by atoms with van der Waals surface area (Å²) in [6, 6.07) is 1.91. The lowest BCUT2D eigenvalue weighted by molar-refractivity contribution is 0.146. The molecule has 2 saturated carbocycles. The number of nitrogens with zero attached hydrogens (tertiary/aromatic N) is 1. The third kappa shape index (κ3) is 1.69. The molecule has 16 heavy (non-hydrogen) atoms. The number of pyridine rings is 1. The third-order valence-corrected chi connectivity index (χ3v) is 4.27. The van der Waals surface area contributed by atoms with Crippen LogP contribution < -0.4 is 10.5 Å². The molecule has 2 N–H and O–H groups in total. The Bertz CT molecular complexity index is 417. The lowest BCUT2D eigenvalue weighted by atomic mass is 10.0. The number of aromatic nitrogens is 1. The van der Waals surface area contributed by atoms with Crippen LogP contribution in [0, 0.1) is 5.41 Å². The van der Waals surface area contributed by atoms with Crippen LogP contribution in [0.2, 0.25) is 0 Å². The minimum atomic E-state index is 0.353. The minimum Gasteiger partial charge on any atom is -0.486 e. The molecule has 86 valence electrons. The van der Waals surface area contributed by atoms with E-state index < -0.39 is 0 Å². The topological polar surface area (TPSA) is 48.1 Å². The summed E-state index contributed by atoms with van der Waals surface area (Å²) in [6.07, 6.45) is 8.45. The summed E-state index contributed by atoms with van der Waals surface area (Å²) in [5.74, 6) is 1.22. The van der Waals surface area contributed by atoms with Crippen LogP contribution in [0.15, 0.2) is 16.7 Å². The number of hydrogen-bond acceptors (Lipinski definition) is 3. The van der Waals surface area contributed by atoms with E-state index >= 15 is 0 Å². The first kappa shape index (κ1) is 10.4. The normalized spacial score (nSPS) is 25.9. The van der Waals surface area contributed by atoms with E-state index in [-0.39, 0.29) is 0 Å². The van der Waals surface area contributed by atoms with Crippen molar-refractivity contribution in [2.75, 3.05) is 5.73 Å². The summed E-state index contributed by atoms with van der Waals surface area (Å²) < 4.78 is 6.96. The Morgan fingerprint density at radius 3 is 3.00 bits per heavy atom. The van der Waals surface area contributed by atoms with Crippen LogP contribution in [-0.4, -0.2) is 11.1 Å². The maximum absolute atomic E-state index is 6.05. The predicted octanol–water partition coefficient (Wildman–Crippen LogP) is 3.14. The highest BCUT2D eigenvalue weighted by molar-refractivity contribution is 9.10. The van der Waals surface area contributed by atoms with Crippen molar-refractivity contribution in [3.63, 3.8) is 0 Å². The Balaban J connectivity index is 1.81. The fourth-order valence-corrected chi connectivity index (χ4v) is 3.01. The lowest BCUT2D eigenvalue weighted by Gasteiger charge is -2.21. The molecule has 0 radical (unpaired) electrons. The molecular weight excluding hydrogens is 268 g/mol. The Hall–Kier alpha value is -0.770. The number of anilines is 1. The monoisotopic (exact) mass is 282 g/mol. The quantitative estimate of drug-likeness (QED) is 0.907. The van der Waals surface area contributed by atoms with Crippen LogP contribution in [0.3, 0.4) is 0 Å². The van der Waals surface area contributed by atoms with E-state index in [9.17, 15) is 0 Å². The van der Waals surface area contributed by atoms with Gasteiger partial charge in [0.05, 0.1) is 0 Å². The summed E-state index contributed by atoms with van der Waals surface area (Å²) in [7, 11) is 0. The standard InChI is InChI=1S/C12H15BrN2O/c13-8-6-9(11(14)15-7-8)16-10-2-1-3-12(10)4-5-12/h6-7,10H,1-5H2,(H2,14,15). The molecule has 3 rings (SSSR count). The third-order valence-electron chi connectivity index (χ3n) is 3.83. The molecule has 0 saturated heterocycles. The van der Waals surface area contributed by atoms with Gasteiger partial charge in [0.25, 0.3) is 0 Å². The number of halogens is 1. The summed E-state index contributed by atoms with van der Waals surface area (Å²) in [5.41, 5.74) is 6.30. The van der Waals surface area contributed by atoms with Gasteiger partial charge in [-0.15, -0.1) is 0 Å². The van der Waals surface area contributed by atoms with Crippen molar-refractivity contribution in [2.45, 2.75) is 38.2 Å². The molecule has 1 atom stereocenters. The van der Waals surface area contributed by atoms with Crippen LogP contribution in [-0.2, 0) is 0 Å². The van der Waals surface area contributed by atoms with Crippen LogP contribution >= 0.6 is 15.9 Å². The summed E-state index contributed by atoms with van der Waals surface area (Å²) in [5, 5.41) is 0. The predicted molar refractivity (Wildman–Crippen MR) is 66.3 cm³/mol. The van der Waals surface area contributed by atoms with E-state index in [0.29, 0.717) is 17.3 Å². The molecule has 1 heterocycles. The van der Waals surface area contributed by atoms with Crippen LogP contribution in [0.1, 0.15) is 32.1 Å². The zero-order valence-electron chi connectivity index (χ0n) is 9.08. The Morgan fingerprint density at radius 1 is 1.44 bits per heavy atom. The van der Waals surface area contributed by atoms with Crippen LogP contribution in [0.25, 0.3) is 0 Å². The van der Waals surface area contributed by atoms with Crippen molar-refractivity contribution in [3.05, 3.63) is 16.7 Å². The number of hydrogen-bond donors (Lipinski definition) is 1. The lowest BCUT2D eigenvalue weighted by Crippen LogP contribution is -2.23. The minimum absolute atomic E-state index is 0.353. The Morgan fingerprint density at radius 2 is 2.25 bits per heavy atom. The number of nitrogen functional groups attached to an aromatic ring is 1. The average Bonchev–Trinajstić information content (AvgIpc) is 2.92. The first-order valence-corrected chi connectivity index (χ1v) is 6.57. The van der Waals surface area contributed by atoms with Crippen molar-refractivity contribution in [3.8, 4) is 5.75 Å². The van der Waals surface area contributed by atoms with E-state index in [1.165, 1.54) is 25.7 Å². The zero-order valence-corrected chi connectivity index (χ0v) is 10.7. The maximum Gasteiger partial charge on any atom is 0.166 e. The van der Waals surface area contributed by atoms with Gasteiger partial charge in [-0.2, -0.15) is 0 Å². The molecule has 1 aromatic heterocycles. The van der Waals surface area contributed by atoms with E-state index in [2.05, 4.69) is 20.9 Å². The average molecular weight is 283 g/mol. The molecule has 3 nitrogen and oxygen atoms in total. The van der Waals surface area contributed by atoms with E-state index in [0.717, 1.165) is 16.6 Å². The van der Waals surface area contributed by atoms with Crippen molar-refractivity contribution < 1.29 is 4.74 Å². The van der Waals surface area contributed by atoms with Gasteiger partial charge in [0.15, 0.2) is 11.6 Å². The van der Waals surface area contributed by atoms with Crippen molar-refractivity contribution in [1.82, 2.24) is 4.98 Å². The fraction of sp³-hybridized carbons (Fsp3) is 0.583. The Labute approximate surface area is 104 Å². The second-order valence-corrected chi connectivity index (χ2v) is 5.81. The molecule has 1 aromatic rings. The summed E-state index contributed by atoms with van der Waals surface area (Å²) >= 11 is 3.39. The van der Waals surface area contributed by atoms with E-state index in [4.69, 9.17) is 10.5 Å². The second-order valence-electron chi connectivity index (χ2n) is 4.90. The summed E-state index contributed by atoms with van der Waals surface area (Å²) in [4.78, 5) is 4.09. The van der Waals surface area contributed by atoms with Gasteiger partial charge in [-0.1, -0.05) is 0 Å². The van der Waals surface area contributed by atoms with Gasteiger partial charge in [0.2, 0.25) is 0 Å². The van der Waals surface area contributed by atoms with Gasteiger partial charge >= 0.3 is 0 Å². The molecule has 0 aromatic carbocycles. The maximum atomic E-state index is 6.05. The zero-order chi connectivity index (χ0) is 11.2. The molecule has 0 bridgehead atoms. The van der Waals surface area contributed by atoms with Gasteiger partial charge in [0, 0.05) is 16.1 Å². The van der Waals surface area contributed by atoms with Crippen LogP contribution in [0.5, 0.6) is 5.75 Å². The van der Waals surface area contributed by atoms with Gasteiger partial charge in [-0.3, -0.25) is 0 Å². The van der Waals surface area contributed by atoms with E-state index in [1.807, 2.05) is 6.07 Å². The molecule has 4 heteroatoms. The number of rotatable bonds is 2. The highest BCUT2D eigenvalue weighted by Gasteiger charge is 2.53. The van der Waals surface area contributed by atoms with Gasteiger partial charge < -0.3 is 10.5 Å². The fourth-order valence-electron chi connectivity index (χ4n) is 2.70. The van der Waals surface area contributed by atoms with Gasteiger partial charge in [-0.25, -0.2) is 4.98 Å².